The molecule has 0 radical (unpaired) electrons. The van der Waals surface area contributed by atoms with Crippen LogP contribution in [0.15, 0.2) is 83.4 Å². The fraction of sp³-hybridized carbons (Fsp3) is 0.222. The second-order valence-corrected chi connectivity index (χ2v) is 8.72. The van der Waals surface area contributed by atoms with Crippen molar-refractivity contribution in [2.24, 2.45) is 4.99 Å². The lowest BCUT2D eigenvalue weighted by molar-refractivity contribution is -0.274. The van der Waals surface area contributed by atoms with E-state index in [1.807, 2.05) is 13.8 Å². The number of nitrogens with zero attached hydrogens (tertiary/aromatic N) is 2. The molecule has 7 nitrogen and oxygen atoms in total. The highest BCUT2D eigenvalue weighted by atomic mass is 32.2. The second-order valence-electron chi connectivity index (χ2n) is 7.64. The van der Waals surface area contributed by atoms with E-state index in [0.29, 0.717) is 21.9 Å². The third-order valence-electron chi connectivity index (χ3n) is 5.39. The molecule has 0 fully saturated rings. The van der Waals surface area contributed by atoms with E-state index < -0.39 is 29.0 Å². The number of fused-ring (bicyclic) bond motifs is 1. The summed E-state index contributed by atoms with van der Waals surface area (Å²) in [6.07, 6.45) is -4.87. The molecule has 1 N–H and O–H groups in total. The molecule has 2 aromatic carbocycles. The Bertz CT molecular complexity index is 1590. The van der Waals surface area contributed by atoms with E-state index >= 15 is 0 Å². The van der Waals surface area contributed by atoms with Crippen molar-refractivity contribution in [3.05, 3.63) is 86.6 Å². The van der Waals surface area contributed by atoms with E-state index in [1.165, 1.54) is 23.7 Å². The van der Waals surface area contributed by atoms with E-state index in [4.69, 9.17) is 4.42 Å². The second kappa shape index (κ2) is 11.6. The van der Waals surface area contributed by atoms with Crippen molar-refractivity contribution in [1.82, 2.24) is 4.57 Å². The summed E-state index contributed by atoms with van der Waals surface area (Å²) in [6, 6.07) is 13.4. The Kier molecular flexibility index (Phi) is 8.72. The molecule has 0 aliphatic rings. The summed E-state index contributed by atoms with van der Waals surface area (Å²) in [5, 5.41) is 10.8. The Morgan fingerprint density at radius 3 is 2.21 bits per heavy atom. The fourth-order valence-corrected chi connectivity index (χ4v) is 4.62. The third kappa shape index (κ3) is 5.77. The van der Waals surface area contributed by atoms with Crippen LogP contribution in [0.2, 0.25) is 0 Å². The van der Waals surface area contributed by atoms with E-state index in [1.54, 1.807) is 44.2 Å². The number of pyridine rings is 1. The molecule has 4 rings (SSSR count). The van der Waals surface area contributed by atoms with E-state index in [2.05, 4.69) is 9.73 Å². The molecular formula is C27H25F3N2O5S. The van der Waals surface area contributed by atoms with Gasteiger partial charge in [-0.05, 0) is 50.2 Å². The molecule has 0 aliphatic heterocycles. The summed E-state index contributed by atoms with van der Waals surface area (Å²) in [5.41, 5.74) is -0.456. The van der Waals surface area contributed by atoms with Gasteiger partial charge in [-0.15, -0.1) is 13.2 Å². The summed E-state index contributed by atoms with van der Waals surface area (Å²) in [4.78, 5) is 31.1. The van der Waals surface area contributed by atoms with Crippen molar-refractivity contribution < 1.29 is 27.4 Å². The van der Waals surface area contributed by atoms with Crippen LogP contribution in [0.5, 0.6) is 11.5 Å². The number of halogens is 3. The quantitative estimate of drug-likeness (QED) is 0.288. The van der Waals surface area contributed by atoms with E-state index in [0.717, 1.165) is 23.9 Å². The molecule has 11 heteroatoms. The first-order valence-corrected chi connectivity index (χ1v) is 12.3. The van der Waals surface area contributed by atoms with Crippen LogP contribution in [0.4, 0.5) is 13.2 Å². The normalized spacial score (nSPS) is 11.7. The Morgan fingerprint density at radius 2 is 1.66 bits per heavy atom. The number of benzene rings is 2. The van der Waals surface area contributed by atoms with Crippen LogP contribution in [-0.2, 0) is 0 Å². The average molecular weight is 547 g/mol. The standard InChI is InChI=1S/C25H19F3N2O5S.C2H6/c1-13(29-3)18-14(2)30(15-9-11-16(12-10-15)35-25(26,27)28)23(32)19-20(31)22(24(33)34-21(18)19)36-17-7-5-4-6-8-17;1-2/h4-12,31H,1-3H3;1-2H3. The number of ether oxygens (including phenoxy) is 1. The van der Waals surface area contributed by atoms with Crippen LogP contribution >= 0.6 is 11.8 Å². The van der Waals surface area contributed by atoms with Gasteiger partial charge in [0.1, 0.15) is 16.0 Å². The maximum atomic E-state index is 13.6. The highest BCUT2D eigenvalue weighted by molar-refractivity contribution is 7.99. The van der Waals surface area contributed by atoms with Gasteiger partial charge in [-0.2, -0.15) is 0 Å². The van der Waals surface area contributed by atoms with Crippen LogP contribution in [0.1, 0.15) is 32.0 Å². The van der Waals surface area contributed by atoms with Crippen LogP contribution in [0, 0.1) is 6.92 Å². The van der Waals surface area contributed by atoms with Gasteiger partial charge in [0.25, 0.3) is 5.56 Å². The van der Waals surface area contributed by atoms with Crippen LogP contribution in [-0.4, -0.2) is 28.8 Å². The Balaban J connectivity index is 0.00000195. The zero-order valence-electron chi connectivity index (χ0n) is 21.2. The highest BCUT2D eigenvalue weighted by Gasteiger charge is 2.31. The minimum absolute atomic E-state index is 0.131. The minimum atomic E-state index is -4.87. The zero-order chi connectivity index (χ0) is 28.2. The maximum Gasteiger partial charge on any atom is 0.573 e. The van der Waals surface area contributed by atoms with Gasteiger partial charge in [0, 0.05) is 29.0 Å². The Morgan fingerprint density at radius 1 is 1.05 bits per heavy atom. The molecular weight excluding hydrogens is 521 g/mol. The molecule has 0 spiro atoms. The molecule has 2 aromatic heterocycles. The monoisotopic (exact) mass is 546 g/mol. The maximum absolute atomic E-state index is 13.6. The first-order valence-electron chi connectivity index (χ1n) is 11.5. The number of hydrogen-bond donors (Lipinski definition) is 1. The molecule has 0 saturated carbocycles. The number of aromatic hydroxyl groups is 1. The largest absolute Gasteiger partial charge is 0.573 e. The van der Waals surface area contributed by atoms with Crippen molar-refractivity contribution in [1.29, 1.82) is 0 Å². The van der Waals surface area contributed by atoms with Gasteiger partial charge in [0.15, 0.2) is 11.3 Å². The van der Waals surface area contributed by atoms with Crippen LogP contribution < -0.4 is 15.9 Å². The Hall–Kier alpha value is -3.99. The number of alkyl halides is 3. The third-order valence-corrected chi connectivity index (χ3v) is 6.46. The van der Waals surface area contributed by atoms with Crippen LogP contribution in [0.25, 0.3) is 16.7 Å². The molecule has 0 saturated heterocycles. The predicted molar refractivity (Wildman–Crippen MR) is 141 cm³/mol. The molecule has 200 valence electrons. The number of hydrogen-bond acceptors (Lipinski definition) is 7. The van der Waals surface area contributed by atoms with Gasteiger partial charge < -0.3 is 14.3 Å². The van der Waals surface area contributed by atoms with Gasteiger partial charge in [-0.3, -0.25) is 14.4 Å². The first-order chi connectivity index (χ1) is 18.0. The smallest absolute Gasteiger partial charge is 0.505 e. The number of aromatic nitrogens is 1. The molecule has 0 aliphatic carbocycles. The predicted octanol–water partition coefficient (Wildman–Crippen LogP) is 6.47. The van der Waals surface area contributed by atoms with Crippen molar-refractivity contribution >= 4 is 28.4 Å². The van der Waals surface area contributed by atoms with Crippen molar-refractivity contribution in [3.8, 4) is 17.2 Å². The molecule has 0 amide bonds. The topological polar surface area (TPSA) is 94.0 Å². The number of rotatable bonds is 5. The van der Waals surface area contributed by atoms with Crippen molar-refractivity contribution in [2.45, 2.75) is 43.8 Å². The molecule has 0 atom stereocenters. The minimum Gasteiger partial charge on any atom is -0.505 e. The lowest BCUT2D eigenvalue weighted by Gasteiger charge is -2.18. The lowest BCUT2D eigenvalue weighted by Crippen LogP contribution is -2.25. The SMILES string of the molecule is CC.CN=C(C)c1c(C)n(-c2ccc(OC(F)(F)F)cc2)c(=O)c2c(O)c(Sc3ccccc3)c(=O)oc12. The van der Waals surface area contributed by atoms with Crippen molar-refractivity contribution in [3.63, 3.8) is 0 Å². The average Bonchev–Trinajstić information content (AvgIpc) is 2.88. The lowest BCUT2D eigenvalue weighted by atomic mass is 10.0. The van der Waals surface area contributed by atoms with E-state index in [-0.39, 0.29) is 21.6 Å². The van der Waals surface area contributed by atoms with Gasteiger partial charge in [0.2, 0.25) is 0 Å². The molecule has 2 heterocycles. The van der Waals surface area contributed by atoms with Crippen LogP contribution in [0.3, 0.4) is 0 Å². The van der Waals surface area contributed by atoms with Gasteiger partial charge in [-0.1, -0.05) is 43.8 Å². The van der Waals surface area contributed by atoms with Crippen molar-refractivity contribution in [2.75, 3.05) is 7.05 Å². The molecule has 4 aromatic rings. The molecule has 38 heavy (non-hydrogen) atoms. The summed E-state index contributed by atoms with van der Waals surface area (Å²) in [6.45, 7) is 7.22. The summed E-state index contributed by atoms with van der Waals surface area (Å²) in [5.74, 6) is -1.02. The molecule has 0 unspecified atom stereocenters. The molecule has 0 bridgehead atoms. The van der Waals surface area contributed by atoms with Gasteiger partial charge in [-0.25, -0.2) is 4.79 Å². The summed E-state index contributed by atoms with van der Waals surface area (Å²) in [7, 11) is 1.51. The summed E-state index contributed by atoms with van der Waals surface area (Å²) < 4.78 is 48.4. The van der Waals surface area contributed by atoms with E-state index in [9.17, 15) is 27.9 Å². The first kappa shape index (κ1) is 28.6. The number of aliphatic imine (C=N–C) groups is 1. The fourth-order valence-electron chi connectivity index (χ4n) is 3.76. The Labute approximate surface area is 220 Å². The summed E-state index contributed by atoms with van der Waals surface area (Å²) >= 11 is 0.940. The van der Waals surface area contributed by atoms with Gasteiger partial charge >= 0.3 is 12.0 Å². The van der Waals surface area contributed by atoms with Gasteiger partial charge in [0.05, 0.1) is 5.56 Å². The zero-order valence-corrected chi connectivity index (χ0v) is 22.0. The highest BCUT2D eigenvalue weighted by Crippen LogP contribution is 2.37.